The molecule has 1 fully saturated rings. The van der Waals surface area contributed by atoms with Crippen LogP contribution < -0.4 is 16.4 Å². The maximum atomic E-state index is 5.63. The second-order valence-corrected chi connectivity index (χ2v) is 3.03. The van der Waals surface area contributed by atoms with Gasteiger partial charge in [0.05, 0.1) is 0 Å². The van der Waals surface area contributed by atoms with Crippen LogP contribution in [0, 0.1) is 0 Å². The molecule has 0 aromatic carbocycles. The molecule has 0 aromatic rings. The van der Waals surface area contributed by atoms with E-state index in [0.29, 0.717) is 12.0 Å². The van der Waals surface area contributed by atoms with E-state index in [0.717, 1.165) is 32.5 Å². The van der Waals surface area contributed by atoms with Crippen molar-refractivity contribution >= 4 is 5.96 Å². The van der Waals surface area contributed by atoms with Gasteiger partial charge in [0.1, 0.15) is 0 Å². The van der Waals surface area contributed by atoms with Gasteiger partial charge in [-0.1, -0.05) is 0 Å². The molecule has 1 rings (SSSR count). The van der Waals surface area contributed by atoms with E-state index in [9.17, 15) is 0 Å². The van der Waals surface area contributed by atoms with Crippen LogP contribution >= 0.6 is 0 Å². The Labute approximate surface area is 73.6 Å². The molecular formula is C8H18N4. The lowest BCUT2D eigenvalue weighted by atomic mass is 10.1. The van der Waals surface area contributed by atoms with Crippen LogP contribution in [0.25, 0.3) is 0 Å². The molecule has 0 spiro atoms. The molecular weight excluding hydrogens is 152 g/mol. The molecule has 1 aliphatic rings. The smallest absolute Gasteiger partial charge is 0.188 e. The van der Waals surface area contributed by atoms with Crippen LogP contribution in [0.4, 0.5) is 0 Å². The van der Waals surface area contributed by atoms with Crippen LogP contribution in [-0.4, -0.2) is 31.6 Å². The third-order valence-corrected chi connectivity index (χ3v) is 2.02. The maximum absolute atomic E-state index is 5.63. The Morgan fingerprint density at radius 3 is 2.83 bits per heavy atom. The SMILES string of the molecule is CCN=C(N)NC1CCNCC1. The molecule has 4 heteroatoms. The summed E-state index contributed by atoms with van der Waals surface area (Å²) in [6.07, 6.45) is 2.28. The van der Waals surface area contributed by atoms with Gasteiger partial charge < -0.3 is 16.4 Å². The molecule has 1 aliphatic heterocycles. The Kier molecular flexibility index (Phi) is 3.87. The van der Waals surface area contributed by atoms with Gasteiger partial charge in [0, 0.05) is 12.6 Å². The van der Waals surface area contributed by atoms with Gasteiger partial charge in [0.2, 0.25) is 0 Å². The first-order valence-electron chi connectivity index (χ1n) is 4.60. The molecule has 0 bridgehead atoms. The van der Waals surface area contributed by atoms with E-state index in [1.54, 1.807) is 0 Å². The van der Waals surface area contributed by atoms with Gasteiger partial charge in [-0.3, -0.25) is 4.99 Å². The van der Waals surface area contributed by atoms with Crippen molar-refractivity contribution in [2.75, 3.05) is 19.6 Å². The number of piperidine rings is 1. The van der Waals surface area contributed by atoms with Crippen molar-refractivity contribution in [1.82, 2.24) is 10.6 Å². The van der Waals surface area contributed by atoms with Crippen molar-refractivity contribution in [2.24, 2.45) is 10.7 Å². The maximum Gasteiger partial charge on any atom is 0.188 e. The summed E-state index contributed by atoms with van der Waals surface area (Å²) in [4.78, 5) is 4.08. The van der Waals surface area contributed by atoms with Gasteiger partial charge >= 0.3 is 0 Å². The number of hydrogen-bond donors (Lipinski definition) is 3. The second-order valence-electron chi connectivity index (χ2n) is 3.03. The summed E-state index contributed by atoms with van der Waals surface area (Å²) in [6, 6.07) is 0.515. The first-order valence-corrected chi connectivity index (χ1v) is 4.60. The molecule has 4 N–H and O–H groups in total. The van der Waals surface area contributed by atoms with Gasteiger partial charge in [-0.15, -0.1) is 0 Å². The lowest BCUT2D eigenvalue weighted by molar-refractivity contribution is 0.428. The number of hydrogen-bond acceptors (Lipinski definition) is 2. The van der Waals surface area contributed by atoms with Crippen molar-refractivity contribution in [1.29, 1.82) is 0 Å². The van der Waals surface area contributed by atoms with Crippen LogP contribution in [-0.2, 0) is 0 Å². The van der Waals surface area contributed by atoms with Crippen molar-refractivity contribution in [3.63, 3.8) is 0 Å². The predicted octanol–water partition coefficient (Wildman–Crippen LogP) is -0.337. The summed E-state index contributed by atoms with van der Waals surface area (Å²) in [5.41, 5.74) is 5.63. The summed E-state index contributed by atoms with van der Waals surface area (Å²) in [5, 5.41) is 6.51. The van der Waals surface area contributed by atoms with Crippen molar-refractivity contribution in [3.05, 3.63) is 0 Å². The van der Waals surface area contributed by atoms with Crippen molar-refractivity contribution < 1.29 is 0 Å². The number of nitrogens with one attached hydrogen (secondary N) is 2. The normalized spacial score (nSPS) is 20.9. The minimum Gasteiger partial charge on any atom is -0.370 e. The molecule has 0 radical (unpaired) electrons. The standard InChI is InChI=1S/C8H18N4/c1-2-11-8(9)12-7-3-5-10-6-4-7/h7,10H,2-6H2,1H3,(H3,9,11,12). The number of aliphatic imine (C=N–C) groups is 1. The zero-order valence-electron chi connectivity index (χ0n) is 7.64. The molecule has 0 amide bonds. The van der Waals surface area contributed by atoms with Crippen LogP contribution in [0.1, 0.15) is 19.8 Å². The van der Waals surface area contributed by atoms with E-state index in [1.807, 2.05) is 6.92 Å². The Morgan fingerprint density at radius 1 is 1.58 bits per heavy atom. The van der Waals surface area contributed by atoms with Gasteiger partial charge in [0.25, 0.3) is 0 Å². The highest BCUT2D eigenvalue weighted by atomic mass is 15.1. The highest BCUT2D eigenvalue weighted by molar-refractivity contribution is 5.78. The largest absolute Gasteiger partial charge is 0.370 e. The summed E-state index contributed by atoms with van der Waals surface area (Å²) in [6.45, 7) is 4.90. The fraction of sp³-hybridized carbons (Fsp3) is 0.875. The van der Waals surface area contributed by atoms with Crippen molar-refractivity contribution in [2.45, 2.75) is 25.8 Å². The fourth-order valence-electron chi connectivity index (χ4n) is 1.39. The summed E-state index contributed by atoms with van der Waals surface area (Å²) >= 11 is 0. The van der Waals surface area contributed by atoms with Crippen LogP contribution in [0.15, 0.2) is 4.99 Å². The zero-order chi connectivity index (χ0) is 8.81. The second kappa shape index (κ2) is 4.98. The lowest BCUT2D eigenvalue weighted by Crippen LogP contribution is -2.45. The minimum absolute atomic E-state index is 0.515. The average Bonchev–Trinajstić information content (AvgIpc) is 2.06. The van der Waals surface area contributed by atoms with E-state index in [1.165, 1.54) is 0 Å². The van der Waals surface area contributed by atoms with Gasteiger partial charge in [-0.2, -0.15) is 0 Å². The molecule has 0 aliphatic carbocycles. The Balaban J connectivity index is 2.24. The molecule has 4 nitrogen and oxygen atoms in total. The van der Waals surface area contributed by atoms with Gasteiger partial charge in [0.15, 0.2) is 5.96 Å². The molecule has 0 saturated carbocycles. The Hall–Kier alpha value is -0.770. The van der Waals surface area contributed by atoms with Gasteiger partial charge in [-0.25, -0.2) is 0 Å². The highest BCUT2D eigenvalue weighted by Crippen LogP contribution is 2.00. The summed E-state index contributed by atoms with van der Waals surface area (Å²) in [5.74, 6) is 0.587. The van der Waals surface area contributed by atoms with Crippen LogP contribution in [0.3, 0.4) is 0 Å². The molecule has 0 unspecified atom stereocenters. The molecule has 70 valence electrons. The van der Waals surface area contributed by atoms with E-state index in [4.69, 9.17) is 5.73 Å². The lowest BCUT2D eigenvalue weighted by Gasteiger charge is -2.23. The number of nitrogens with zero attached hydrogens (tertiary/aromatic N) is 1. The number of nitrogens with two attached hydrogens (primary N) is 1. The molecule has 0 atom stereocenters. The van der Waals surface area contributed by atoms with E-state index < -0.39 is 0 Å². The molecule has 12 heavy (non-hydrogen) atoms. The van der Waals surface area contributed by atoms with E-state index in [2.05, 4.69) is 15.6 Å². The molecule has 0 aromatic heterocycles. The van der Waals surface area contributed by atoms with E-state index in [-0.39, 0.29) is 0 Å². The topological polar surface area (TPSA) is 62.4 Å². The Bertz CT molecular complexity index is 149. The van der Waals surface area contributed by atoms with Crippen LogP contribution in [0.5, 0.6) is 0 Å². The summed E-state index contributed by atoms with van der Waals surface area (Å²) < 4.78 is 0. The highest BCUT2D eigenvalue weighted by Gasteiger charge is 2.12. The minimum atomic E-state index is 0.515. The Morgan fingerprint density at radius 2 is 2.25 bits per heavy atom. The number of rotatable bonds is 2. The first kappa shape index (κ1) is 9.32. The number of guanidine groups is 1. The van der Waals surface area contributed by atoms with Crippen molar-refractivity contribution in [3.8, 4) is 0 Å². The summed E-state index contributed by atoms with van der Waals surface area (Å²) in [7, 11) is 0. The average molecular weight is 170 g/mol. The fourth-order valence-corrected chi connectivity index (χ4v) is 1.39. The predicted molar refractivity (Wildman–Crippen MR) is 51.2 cm³/mol. The van der Waals surface area contributed by atoms with Crippen LogP contribution in [0.2, 0.25) is 0 Å². The third kappa shape index (κ3) is 3.09. The molecule has 1 heterocycles. The zero-order valence-corrected chi connectivity index (χ0v) is 7.64. The first-order chi connectivity index (χ1) is 5.83. The van der Waals surface area contributed by atoms with E-state index >= 15 is 0 Å². The third-order valence-electron chi connectivity index (χ3n) is 2.02. The molecule has 1 saturated heterocycles. The monoisotopic (exact) mass is 170 g/mol. The quantitative estimate of drug-likeness (QED) is 0.392. The van der Waals surface area contributed by atoms with Gasteiger partial charge in [-0.05, 0) is 32.9 Å².